The van der Waals surface area contributed by atoms with Crippen LogP contribution in [-0.4, -0.2) is 46.9 Å². The molecular formula is C25H29N5O. The van der Waals surface area contributed by atoms with Crippen LogP contribution in [0.2, 0.25) is 0 Å². The van der Waals surface area contributed by atoms with Crippen LogP contribution in [0.25, 0.3) is 0 Å². The van der Waals surface area contributed by atoms with Gasteiger partial charge in [0.15, 0.2) is 0 Å². The van der Waals surface area contributed by atoms with Crippen molar-refractivity contribution in [1.82, 2.24) is 20.0 Å². The molecule has 1 aliphatic heterocycles. The molecule has 1 aliphatic carbocycles. The Hall–Kier alpha value is -3.28. The lowest BCUT2D eigenvalue weighted by atomic mass is 9.99. The molecule has 2 aromatic carbocycles. The molecule has 31 heavy (non-hydrogen) atoms. The number of hydrogen-bond donors (Lipinski definition) is 1. The lowest BCUT2D eigenvalue weighted by Gasteiger charge is -2.36. The van der Waals surface area contributed by atoms with Crippen molar-refractivity contribution in [2.24, 2.45) is 7.05 Å². The Bertz CT molecular complexity index is 981. The van der Waals surface area contributed by atoms with Crippen LogP contribution in [0, 0.1) is 0 Å². The first-order valence-electron chi connectivity index (χ1n) is 11.1. The monoisotopic (exact) mass is 415 g/mol. The van der Waals surface area contributed by atoms with E-state index in [1.54, 1.807) is 0 Å². The third-order valence-electron chi connectivity index (χ3n) is 6.29. The van der Waals surface area contributed by atoms with E-state index in [9.17, 15) is 4.79 Å². The largest absolute Gasteiger partial charge is 0.353 e. The number of anilines is 1. The molecular weight excluding hydrogens is 386 g/mol. The second-order valence-electron chi connectivity index (χ2n) is 8.50. The van der Waals surface area contributed by atoms with Crippen molar-refractivity contribution < 1.29 is 4.79 Å². The first kappa shape index (κ1) is 19.7. The molecule has 0 radical (unpaired) electrons. The summed E-state index contributed by atoms with van der Waals surface area (Å²) in [4.78, 5) is 17.4. The molecule has 6 nitrogen and oxygen atoms in total. The molecule has 1 saturated heterocycles. The number of carbonyl (C=O) groups is 1. The highest BCUT2D eigenvalue weighted by molar-refractivity contribution is 5.75. The van der Waals surface area contributed by atoms with Gasteiger partial charge in [0.25, 0.3) is 0 Å². The number of nitrogens with zero attached hydrogens (tertiary/aromatic N) is 4. The number of urea groups is 1. The van der Waals surface area contributed by atoms with Crippen LogP contribution in [0.15, 0.2) is 66.7 Å². The molecule has 5 rings (SSSR count). The van der Waals surface area contributed by atoms with Gasteiger partial charge < -0.3 is 15.1 Å². The van der Waals surface area contributed by atoms with Crippen molar-refractivity contribution in [1.29, 1.82) is 0 Å². The van der Waals surface area contributed by atoms with Crippen LogP contribution in [0.5, 0.6) is 0 Å². The van der Waals surface area contributed by atoms with Crippen LogP contribution < -0.4 is 10.2 Å². The summed E-state index contributed by atoms with van der Waals surface area (Å²) in [6, 6.07) is 22.4. The summed E-state index contributed by atoms with van der Waals surface area (Å²) in [7, 11) is 2.02. The van der Waals surface area contributed by atoms with E-state index in [0.717, 1.165) is 30.0 Å². The number of piperazine rings is 1. The van der Waals surface area contributed by atoms with Gasteiger partial charge in [-0.2, -0.15) is 5.10 Å². The minimum absolute atomic E-state index is 0.0129. The molecule has 3 aromatic rings. The van der Waals surface area contributed by atoms with Crippen molar-refractivity contribution in [3.05, 3.63) is 83.6 Å². The minimum Gasteiger partial charge on any atom is -0.353 e. The van der Waals surface area contributed by atoms with Gasteiger partial charge >= 0.3 is 6.03 Å². The molecule has 1 saturated carbocycles. The van der Waals surface area contributed by atoms with Gasteiger partial charge in [0.2, 0.25) is 0 Å². The predicted molar refractivity (Wildman–Crippen MR) is 122 cm³/mol. The maximum absolute atomic E-state index is 13.1. The Morgan fingerprint density at radius 3 is 2.06 bits per heavy atom. The number of rotatable bonds is 5. The van der Waals surface area contributed by atoms with Gasteiger partial charge in [-0.15, -0.1) is 0 Å². The molecule has 0 spiro atoms. The molecule has 2 heterocycles. The topological polar surface area (TPSA) is 53.4 Å². The fraction of sp³-hybridized carbons (Fsp3) is 0.360. The van der Waals surface area contributed by atoms with Crippen molar-refractivity contribution in [3.63, 3.8) is 0 Å². The van der Waals surface area contributed by atoms with Gasteiger partial charge in [-0.25, -0.2) is 4.79 Å². The normalized spacial score (nSPS) is 16.6. The van der Waals surface area contributed by atoms with E-state index in [1.165, 1.54) is 18.5 Å². The average Bonchev–Trinajstić information content (AvgIpc) is 3.60. The van der Waals surface area contributed by atoms with E-state index in [-0.39, 0.29) is 12.1 Å². The Morgan fingerprint density at radius 1 is 0.935 bits per heavy atom. The van der Waals surface area contributed by atoms with Crippen LogP contribution in [0.4, 0.5) is 10.6 Å². The van der Waals surface area contributed by atoms with Crippen molar-refractivity contribution in [3.8, 4) is 0 Å². The molecule has 0 bridgehead atoms. The fourth-order valence-corrected chi connectivity index (χ4v) is 4.36. The lowest BCUT2D eigenvalue weighted by Crippen LogP contribution is -2.52. The number of carbonyl (C=O) groups excluding carboxylic acids is 1. The number of aromatic nitrogens is 2. The van der Waals surface area contributed by atoms with E-state index >= 15 is 0 Å². The Morgan fingerprint density at radius 2 is 1.52 bits per heavy atom. The predicted octanol–water partition coefficient (Wildman–Crippen LogP) is 3.92. The highest BCUT2D eigenvalue weighted by Gasteiger charge is 2.29. The molecule has 2 aliphatic rings. The highest BCUT2D eigenvalue weighted by atomic mass is 16.2. The molecule has 1 N–H and O–H groups in total. The van der Waals surface area contributed by atoms with Gasteiger partial charge in [-0.1, -0.05) is 60.7 Å². The third-order valence-corrected chi connectivity index (χ3v) is 6.29. The molecule has 2 amide bonds. The summed E-state index contributed by atoms with van der Waals surface area (Å²) >= 11 is 0. The number of amides is 2. The number of nitrogens with one attached hydrogen (secondary N) is 1. The maximum Gasteiger partial charge on any atom is 0.318 e. The van der Waals surface area contributed by atoms with Gasteiger partial charge in [0, 0.05) is 45.2 Å². The zero-order valence-corrected chi connectivity index (χ0v) is 17.9. The summed E-state index contributed by atoms with van der Waals surface area (Å²) in [6.07, 6.45) is 2.52. The molecule has 0 unspecified atom stereocenters. The summed E-state index contributed by atoms with van der Waals surface area (Å²) < 4.78 is 1.99. The number of benzene rings is 2. The van der Waals surface area contributed by atoms with E-state index in [1.807, 2.05) is 53.0 Å². The molecule has 160 valence electrons. The number of hydrogen-bond acceptors (Lipinski definition) is 3. The van der Waals surface area contributed by atoms with E-state index in [0.29, 0.717) is 19.0 Å². The van der Waals surface area contributed by atoms with Gasteiger partial charge in [-0.3, -0.25) is 4.68 Å². The van der Waals surface area contributed by atoms with Crippen LogP contribution in [0.1, 0.15) is 41.6 Å². The second-order valence-corrected chi connectivity index (χ2v) is 8.50. The summed E-state index contributed by atoms with van der Waals surface area (Å²) in [6.45, 7) is 3.04. The Kier molecular flexibility index (Phi) is 5.37. The fourth-order valence-electron chi connectivity index (χ4n) is 4.36. The zero-order valence-electron chi connectivity index (χ0n) is 17.9. The first-order valence-corrected chi connectivity index (χ1v) is 11.1. The van der Waals surface area contributed by atoms with Gasteiger partial charge in [0.05, 0.1) is 11.7 Å². The first-order chi connectivity index (χ1) is 15.2. The smallest absolute Gasteiger partial charge is 0.318 e. The third kappa shape index (κ3) is 4.29. The van der Waals surface area contributed by atoms with Crippen LogP contribution in [-0.2, 0) is 7.05 Å². The van der Waals surface area contributed by atoms with Crippen molar-refractivity contribution in [2.75, 3.05) is 31.1 Å². The second kappa shape index (κ2) is 8.46. The number of aryl methyl sites for hydroxylation is 1. The quantitative estimate of drug-likeness (QED) is 0.687. The lowest BCUT2D eigenvalue weighted by molar-refractivity contribution is 0.191. The van der Waals surface area contributed by atoms with Crippen LogP contribution in [0.3, 0.4) is 0 Å². The maximum atomic E-state index is 13.1. The zero-order chi connectivity index (χ0) is 21.2. The highest BCUT2D eigenvalue weighted by Crippen LogP contribution is 2.40. The molecule has 2 fully saturated rings. The molecule has 0 atom stereocenters. The van der Waals surface area contributed by atoms with E-state index < -0.39 is 0 Å². The molecule has 1 aromatic heterocycles. The Labute approximate surface area is 183 Å². The summed E-state index contributed by atoms with van der Waals surface area (Å²) in [5, 5.41) is 7.95. The van der Waals surface area contributed by atoms with Crippen molar-refractivity contribution in [2.45, 2.75) is 24.8 Å². The van der Waals surface area contributed by atoms with Crippen molar-refractivity contribution >= 4 is 11.8 Å². The standard InChI is InChI=1S/C25H29N5O/c1-28-23(18-22(27-28)19-12-13-19)29-14-16-30(17-15-29)25(31)26-24(20-8-4-2-5-9-20)21-10-6-3-7-11-21/h2-11,18-19,24H,12-17H2,1H3,(H,26,31). The average molecular weight is 416 g/mol. The van der Waals surface area contributed by atoms with Gasteiger partial charge in [-0.05, 0) is 24.0 Å². The molecule has 6 heteroatoms. The van der Waals surface area contributed by atoms with Gasteiger partial charge in [0.1, 0.15) is 5.82 Å². The van der Waals surface area contributed by atoms with E-state index in [4.69, 9.17) is 5.10 Å². The SMILES string of the molecule is Cn1nc(C2CC2)cc1N1CCN(C(=O)NC(c2ccccc2)c2ccccc2)CC1. The summed E-state index contributed by atoms with van der Waals surface area (Å²) in [5.74, 6) is 1.81. The van der Waals surface area contributed by atoms with Crippen LogP contribution >= 0.6 is 0 Å². The van der Waals surface area contributed by atoms with E-state index in [2.05, 4.69) is 40.5 Å². The summed E-state index contributed by atoms with van der Waals surface area (Å²) in [5.41, 5.74) is 3.39. The Balaban J connectivity index is 1.25. The minimum atomic E-state index is -0.161.